The normalized spacial score (nSPS) is 18.5. The predicted molar refractivity (Wildman–Crippen MR) is 76.3 cm³/mol. The summed E-state index contributed by atoms with van der Waals surface area (Å²) in [4.78, 5) is 14.3. The summed E-state index contributed by atoms with van der Waals surface area (Å²) in [6, 6.07) is 0. The van der Waals surface area contributed by atoms with Crippen LogP contribution in [-0.4, -0.2) is 56.0 Å². The number of carbonyl (C=O) groups excluding carboxylic acids is 1. The second-order valence-electron chi connectivity index (χ2n) is 5.21. The van der Waals surface area contributed by atoms with Crippen molar-refractivity contribution in [2.75, 3.05) is 32.4 Å². The van der Waals surface area contributed by atoms with Gasteiger partial charge < -0.3 is 4.90 Å². The van der Waals surface area contributed by atoms with E-state index in [1.54, 1.807) is 0 Å². The van der Waals surface area contributed by atoms with Crippen LogP contribution in [0.5, 0.6) is 0 Å². The molecular formula is C13H26N2O3S. The molecule has 0 aliphatic carbocycles. The summed E-state index contributed by atoms with van der Waals surface area (Å²) in [5.41, 5.74) is 0. The van der Waals surface area contributed by atoms with Gasteiger partial charge in [-0.25, -0.2) is 12.7 Å². The first-order valence-electron chi connectivity index (χ1n) is 7.14. The minimum Gasteiger partial charge on any atom is -0.343 e. The Balaban J connectivity index is 2.52. The lowest BCUT2D eigenvalue weighted by molar-refractivity contribution is -0.136. The Hall–Kier alpha value is -0.620. The number of unbranched alkanes of at least 4 members (excludes halogenated alkanes) is 1. The molecule has 1 saturated heterocycles. The van der Waals surface area contributed by atoms with Crippen molar-refractivity contribution in [1.82, 2.24) is 9.21 Å². The molecule has 1 heterocycles. The molecule has 0 aromatic heterocycles. The average Bonchev–Trinajstić information content (AvgIpc) is 2.38. The van der Waals surface area contributed by atoms with E-state index in [0.717, 1.165) is 25.9 Å². The van der Waals surface area contributed by atoms with Crippen LogP contribution in [0.2, 0.25) is 0 Å². The molecule has 5 nitrogen and oxygen atoms in total. The van der Waals surface area contributed by atoms with Crippen molar-refractivity contribution < 1.29 is 13.2 Å². The molecule has 0 radical (unpaired) electrons. The van der Waals surface area contributed by atoms with E-state index < -0.39 is 10.0 Å². The Bertz CT molecular complexity index is 387. The second kappa shape index (κ2) is 7.24. The fourth-order valence-electron chi connectivity index (χ4n) is 2.47. The standard InChI is InChI=1S/C13H26N2O3S/c1-4-6-9-14(5-2)13(16)12-7-10-15(11-8-12)19(3,17)18/h12H,4-11H2,1-3H3. The lowest BCUT2D eigenvalue weighted by Gasteiger charge is -2.32. The van der Waals surface area contributed by atoms with Crippen molar-refractivity contribution >= 4 is 15.9 Å². The molecule has 112 valence electrons. The summed E-state index contributed by atoms with van der Waals surface area (Å²) in [7, 11) is -3.11. The van der Waals surface area contributed by atoms with Gasteiger partial charge in [0.2, 0.25) is 15.9 Å². The zero-order valence-electron chi connectivity index (χ0n) is 12.3. The lowest BCUT2D eigenvalue weighted by atomic mass is 9.96. The minimum atomic E-state index is -3.11. The van der Waals surface area contributed by atoms with Crippen molar-refractivity contribution in [2.24, 2.45) is 5.92 Å². The van der Waals surface area contributed by atoms with Gasteiger partial charge in [-0.15, -0.1) is 0 Å². The summed E-state index contributed by atoms with van der Waals surface area (Å²) < 4.78 is 24.3. The molecule has 0 atom stereocenters. The van der Waals surface area contributed by atoms with E-state index in [0.29, 0.717) is 25.9 Å². The van der Waals surface area contributed by atoms with Crippen LogP contribution in [-0.2, 0) is 14.8 Å². The molecule has 0 saturated carbocycles. The smallest absolute Gasteiger partial charge is 0.225 e. The second-order valence-corrected chi connectivity index (χ2v) is 7.19. The molecule has 0 spiro atoms. The van der Waals surface area contributed by atoms with Crippen molar-refractivity contribution in [3.63, 3.8) is 0 Å². The van der Waals surface area contributed by atoms with Gasteiger partial charge in [-0.3, -0.25) is 4.79 Å². The Morgan fingerprint density at radius 3 is 2.26 bits per heavy atom. The van der Waals surface area contributed by atoms with Gasteiger partial charge in [0.15, 0.2) is 0 Å². The quantitative estimate of drug-likeness (QED) is 0.741. The van der Waals surface area contributed by atoms with Gasteiger partial charge in [0, 0.05) is 32.1 Å². The van der Waals surface area contributed by atoms with Crippen LogP contribution in [0, 0.1) is 5.92 Å². The molecule has 0 bridgehead atoms. The van der Waals surface area contributed by atoms with E-state index in [-0.39, 0.29) is 11.8 Å². The van der Waals surface area contributed by atoms with Gasteiger partial charge in [0.1, 0.15) is 0 Å². The zero-order valence-corrected chi connectivity index (χ0v) is 13.1. The number of carbonyl (C=O) groups is 1. The lowest BCUT2D eigenvalue weighted by Crippen LogP contribution is -2.44. The number of hydrogen-bond donors (Lipinski definition) is 0. The van der Waals surface area contributed by atoms with Crippen LogP contribution >= 0.6 is 0 Å². The Morgan fingerprint density at radius 1 is 1.26 bits per heavy atom. The van der Waals surface area contributed by atoms with Crippen molar-refractivity contribution in [3.8, 4) is 0 Å². The summed E-state index contributed by atoms with van der Waals surface area (Å²) in [5, 5.41) is 0. The molecule has 0 N–H and O–H groups in total. The van der Waals surface area contributed by atoms with Crippen molar-refractivity contribution in [1.29, 1.82) is 0 Å². The highest BCUT2D eigenvalue weighted by Gasteiger charge is 2.30. The Kier molecular flexibility index (Phi) is 6.26. The van der Waals surface area contributed by atoms with Crippen LogP contribution in [0.25, 0.3) is 0 Å². The first-order valence-corrected chi connectivity index (χ1v) is 8.98. The summed E-state index contributed by atoms with van der Waals surface area (Å²) in [6.45, 7) is 6.62. The van der Waals surface area contributed by atoms with E-state index in [4.69, 9.17) is 0 Å². The number of nitrogens with zero attached hydrogens (tertiary/aromatic N) is 2. The van der Waals surface area contributed by atoms with E-state index in [2.05, 4.69) is 6.92 Å². The number of rotatable bonds is 6. The molecule has 0 unspecified atom stereocenters. The molecule has 1 rings (SSSR count). The molecule has 6 heteroatoms. The fraction of sp³-hybridized carbons (Fsp3) is 0.923. The first kappa shape index (κ1) is 16.4. The third-order valence-corrected chi connectivity index (χ3v) is 5.05. The van der Waals surface area contributed by atoms with Crippen LogP contribution in [0.15, 0.2) is 0 Å². The fourth-order valence-corrected chi connectivity index (χ4v) is 3.34. The minimum absolute atomic E-state index is 0.00481. The predicted octanol–water partition coefficient (Wildman–Crippen LogP) is 1.31. The van der Waals surface area contributed by atoms with Crippen molar-refractivity contribution in [2.45, 2.75) is 39.5 Å². The average molecular weight is 290 g/mol. The van der Waals surface area contributed by atoms with Crippen LogP contribution < -0.4 is 0 Å². The van der Waals surface area contributed by atoms with Gasteiger partial charge in [-0.05, 0) is 26.2 Å². The maximum atomic E-state index is 12.3. The van der Waals surface area contributed by atoms with Gasteiger partial charge >= 0.3 is 0 Å². The van der Waals surface area contributed by atoms with Crippen LogP contribution in [0.1, 0.15) is 39.5 Å². The summed E-state index contributed by atoms with van der Waals surface area (Å²) >= 11 is 0. The van der Waals surface area contributed by atoms with Gasteiger partial charge in [0.25, 0.3) is 0 Å². The first-order chi connectivity index (χ1) is 8.90. The van der Waals surface area contributed by atoms with Gasteiger partial charge in [-0.1, -0.05) is 13.3 Å². The molecular weight excluding hydrogens is 264 g/mol. The monoisotopic (exact) mass is 290 g/mol. The summed E-state index contributed by atoms with van der Waals surface area (Å²) in [6.07, 6.45) is 4.63. The molecule has 1 aliphatic heterocycles. The van der Waals surface area contributed by atoms with Crippen LogP contribution in [0.4, 0.5) is 0 Å². The topological polar surface area (TPSA) is 57.7 Å². The highest BCUT2D eigenvalue weighted by molar-refractivity contribution is 7.88. The SMILES string of the molecule is CCCCN(CC)C(=O)C1CCN(S(C)(=O)=O)CC1. The highest BCUT2D eigenvalue weighted by atomic mass is 32.2. The number of piperidine rings is 1. The Labute approximate surface area is 117 Å². The molecule has 0 aromatic rings. The van der Waals surface area contributed by atoms with E-state index in [9.17, 15) is 13.2 Å². The van der Waals surface area contributed by atoms with E-state index in [1.165, 1.54) is 10.6 Å². The number of amides is 1. The van der Waals surface area contributed by atoms with Crippen LogP contribution in [0.3, 0.4) is 0 Å². The molecule has 1 fully saturated rings. The highest BCUT2D eigenvalue weighted by Crippen LogP contribution is 2.21. The molecule has 19 heavy (non-hydrogen) atoms. The van der Waals surface area contributed by atoms with E-state index >= 15 is 0 Å². The molecule has 1 amide bonds. The molecule has 0 aromatic carbocycles. The summed E-state index contributed by atoms with van der Waals surface area (Å²) in [5.74, 6) is 0.193. The van der Waals surface area contributed by atoms with E-state index in [1.807, 2.05) is 11.8 Å². The van der Waals surface area contributed by atoms with Crippen molar-refractivity contribution in [3.05, 3.63) is 0 Å². The molecule has 1 aliphatic rings. The third kappa shape index (κ3) is 4.76. The maximum absolute atomic E-state index is 12.3. The van der Waals surface area contributed by atoms with Gasteiger partial charge in [0.05, 0.1) is 6.26 Å². The largest absolute Gasteiger partial charge is 0.343 e. The number of hydrogen-bond acceptors (Lipinski definition) is 3. The third-order valence-electron chi connectivity index (χ3n) is 3.75. The number of sulfonamides is 1. The van der Waals surface area contributed by atoms with Gasteiger partial charge in [-0.2, -0.15) is 0 Å². The maximum Gasteiger partial charge on any atom is 0.225 e. The Morgan fingerprint density at radius 2 is 1.84 bits per heavy atom. The zero-order chi connectivity index (χ0) is 14.5.